The molecule has 0 unspecified atom stereocenters. The fourth-order valence-corrected chi connectivity index (χ4v) is 1.82. The van der Waals surface area contributed by atoms with E-state index in [9.17, 15) is 0 Å². The molecule has 0 fully saturated rings. The highest BCUT2D eigenvalue weighted by Gasteiger charge is 2.08. The van der Waals surface area contributed by atoms with Gasteiger partial charge in [-0.3, -0.25) is 0 Å². The zero-order valence-corrected chi connectivity index (χ0v) is 11.6. The highest BCUT2D eigenvalue weighted by atomic mass is 15.0. The molecule has 3 heteroatoms. The fourth-order valence-electron chi connectivity index (χ4n) is 1.82. The second kappa shape index (κ2) is 5.14. The van der Waals surface area contributed by atoms with Gasteiger partial charge in [0.25, 0.3) is 0 Å². The molecule has 1 aromatic heterocycles. The molecule has 0 aliphatic rings. The summed E-state index contributed by atoms with van der Waals surface area (Å²) in [6.07, 6.45) is 0. The van der Waals surface area contributed by atoms with Crippen LogP contribution < -0.4 is 11.1 Å². The van der Waals surface area contributed by atoms with Crippen LogP contribution in [0.5, 0.6) is 0 Å². The Morgan fingerprint density at radius 1 is 1.16 bits per heavy atom. The predicted octanol–water partition coefficient (Wildman–Crippen LogP) is 3.68. The molecule has 3 N–H and O–H groups in total. The van der Waals surface area contributed by atoms with Gasteiger partial charge in [0.15, 0.2) is 0 Å². The van der Waals surface area contributed by atoms with Gasteiger partial charge in [-0.15, -0.1) is 0 Å². The van der Waals surface area contributed by atoms with Gasteiger partial charge in [-0.25, -0.2) is 4.98 Å². The van der Waals surface area contributed by atoms with Crippen molar-refractivity contribution in [2.45, 2.75) is 20.8 Å². The number of hydrogen-bond acceptors (Lipinski definition) is 3. The van der Waals surface area contributed by atoms with E-state index in [0.717, 1.165) is 28.3 Å². The van der Waals surface area contributed by atoms with E-state index in [1.165, 1.54) is 5.56 Å². The maximum absolute atomic E-state index is 5.84. The first kappa shape index (κ1) is 13.1. The summed E-state index contributed by atoms with van der Waals surface area (Å²) in [7, 11) is 0. The summed E-state index contributed by atoms with van der Waals surface area (Å²) in [5.41, 5.74) is 11.5. The Bertz CT molecular complexity index is 613. The van der Waals surface area contributed by atoms with E-state index in [0.29, 0.717) is 5.70 Å². The van der Waals surface area contributed by atoms with Gasteiger partial charge in [0.1, 0.15) is 5.82 Å². The average molecular weight is 253 g/mol. The van der Waals surface area contributed by atoms with Crippen LogP contribution in [0.15, 0.2) is 36.9 Å². The minimum Gasteiger partial charge on any atom is -0.399 e. The molecule has 0 aliphatic heterocycles. The number of nitrogens with one attached hydrogen (secondary N) is 1. The van der Waals surface area contributed by atoms with E-state index < -0.39 is 0 Å². The SMILES string of the molecule is C=C(N)c1cc(C)c(C)nc1Nc1ccc(C)cc1. The first-order chi connectivity index (χ1) is 8.97. The van der Waals surface area contributed by atoms with E-state index in [1.807, 2.05) is 32.0 Å². The van der Waals surface area contributed by atoms with Crippen LogP contribution in [0.25, 0.3) is 5.70 Å². The van der Waals surface area contributed by atoms with Crippen LogP contribution in [0.1, 0.15) is 22.4 Å². The lowest BCUT2D eigenvalue weighted by Gasteiger charge is -2.13. The Balaban J connectivity index is 2.41. The zero-order valence-electron chi connectivity index (χ0n) is 11.6. The Morgan fingerprint density at radius 2 is 1.79 bits per heavy atom. The van der Waals surface area contributed by atoms with Crippen LogP contribution in [-0.4, -0.2) is 4.98 Å². The van der Waals surface area contributed by atoms with Gasteiger partial charge in [-0.1, -0.05) is 24.3 Å². The number of anilines is 2. The third-order valence-electron chi connectivity index (χ3n) is 3.13. The molecule has 0 aliphatic carbocycles. The number of hydrogen-bond donors (Lipinski definition) is 2. The van der Waals surface area contributed by atoms with Crippen molar-refractivity contribution in [2.75, 3.05) is 5.32 Å². The molecule has 0 saturated carbocycles. The van der Waals surface area contributed by atoms with Gasteiger partial charge in [-0.2, -0.15) is 0 Å². The van der Waals surface area contributed by atoms with Crippen molar-refractivity contribution >= 4 is 17.2 Å². The molecule has 0 saturated heterocycles. The molecular weight excluding hydrogens is 234 g/mol. The Labute approximate surface area is 114 Å². The van der Waals surface area contributed by atoms with Crippen molar-refractivity contribution in [3.05, 3.63) is 59.3 Å². The van der Waals surface area contributed by atoms with Crippen LogP contribution in [-0.2, 0) is 0 Å². The molecule has 98 valence electrons. The van der Waals surface area contributed by atoms with Crippen molar-refractivity contribution in [3.63, 3.8) is 0 Å². The smallest absolute Gasteiger partial charge is 0.140 e. The third-order valence-corrected chi connectivity index (χ3v) is 3.13. The van der Waals surface area contributed by atoms with Gasteiger partial charge < -0.3 is 11.1 Å². The van der Waals surface area contributed by atoms with Crippen LogP contribution in [0, 0.1) is 20.8 Å². The first-order valence-corrected chi connectivity index (χ1v) is 6.24. The molecule has 0 spiro atoms. The number of nitrogens with zero attached hydrogens (tertiary/aromatic N) is 1. The first-order valence-electron chi connectivity index (χ1n) is 6.24. The van der Waals surface area contributed by atoms with Crippen molar-refractivity contribution in [3.8, 4) is 0 Å². The number of rotatable bonds is 3. The van der Waals surface area contributed by atoms with Crippen LogP contribution >= 0.6 is 0 Å². The van der Waals surface area contributed by atoms with E-state index >= 15 is 0 Å². The fraction of sp³-hybridized carbons (Fsp3) is 0.188. The lowest BCUT2D eigenvalue weighted by Crippen LogP contribution is -2.05. The average Bonchev–Trinajstić information content (AvgIpc) is 2.36. The lowest BCUT2D eigenvalue weighted by molar-refractivity contribution is 1.14. The maximum Gasteiger partial charge on any atom is 0.140 e. The van der Waals surface area contributed by atoms with E-state index in [2.05, 4.69) is 35.9 Å². The van der Waals surface area contributed by atoms with Gasteiger partial charge in [0.2, 0.25) is 0 Å². The predicted molar refractivity (Wildman–Crippen MR) is 81.4 cm³/mol. The second-order valence-corrected chi connectivity index (χ2v) is 4.80. The summed E-state index contributed by atoms with van der Waals surface area (Å²) < 4.78 is 0. The minimum atomic E-state index is 0.519. The van der Waals surface area contributed by atoms with Gasteiger partial charge in [0.05, 0.1) is 0 Å². The van der Waals surface area contributed by atoms with E-state index in [4.69, 9.17) is 5.73 Å². The highest BCUT2D eigenvalue weighted by Crippen LogP contribution is 2.24. The van der Waals surface area contributed by atoms with Crippen molar-refractivity contribution < 1.29 is 0 Å². The topological polar surface area (TPSA) is 50.9 Å². The summed E-state index contributed by atoms with van der Waals surface area (Å²) in [6.45, 7) is 9.87. The molecule has 19 heavy (non-hydrogen) atoms. The third kappa shape index (κ3) is 2.94. The Kier molecular flexibility index (Phi) is 3.56. The van der Waals surface area contributed by atoms with Crippen LogP contribution in [0.3, 0.4) is 0 Å². The Morgan fingerprint density at radius 3 is 2.37 bits per heavy atom. The zero-order chi connectivity index (χ0) is 14.0. The summed E-state index contributed by atoms with van der Waals surface area (Å²) >= 11 is 0. The van der Waals surface area contributed by atoms with Gasteiger partial charge in [0, 0.05) is 22.6 Å². The van der Waals surface area contributed by atoms with Crippen LogP contribution in [0.4, 0.5) is 11.5 Å². The number of nitrogens with two attached hydrogens (primary N) is 1. The summed E-state index contributed by atoms with van der Waals surface area (Å²) in [5, 5.41) is 3.30. The molecule has 0 bridgehead atoms. The lowest BCUT2D eigenvalue weighted by atomic mass is 10.1. The molecule has 1 aromatic carbocycles. The standard InChI is InChI=1S/C16H19N3/c1-10-5-7-14(8-6-10)19-16-15(12(3)17)9-11(2)13(4)18-16/h5-9H,3,17H2,1-2,4H3,(H,18,19). The number of pyridine rings is 1. The molecule has 1 heterocycles. The number of aryl methyl sites for hydroxylation is 3. The van der Waals surface area contributed by atoms with Crippen molar-refractivity contribution in [1.29, 1.82) is 0 Å². The van der Waals surface area contributed by atoms with Gasteiger partial charge >= 0.3 is 0 Å². The van der Waals surface area contributed by atoms with Crippen molar-refractivity contribution in [2.24, 2.45) is 5.73 Å². The van der Waals surface area contributed by atoms with E-state index in [1.54, 1.807) is 0 Å². The highest BCUT2D eigenvalue weighted by molar-refractivity contribution is 5.74. The number of benzene rings is 1. The molecule has 2 aromatic rings. The summed E-state index contributed by atoms with van der Waals surface area (Å²) in [6, 6.07) is 10.2. The second-order valence-electron chi connectivity index (χ2n) is 4.80. The molecular formula is C16H19N3. The Hall–Kier alpha value is -2.29. The van der Waals surface area contributed by atoms with Crippen LogP contribution in [0.2, 0.25) is 0 Å². The van der Waals surface area contributed by atoms with Crippen molar-refractivity contribution in [1.82, 2.24) is 4.98 Å². The molecule has 0 radical (unpaired) electrons. The quantitative estimate of drug-likeness (QED) is 0.877. The largest absolute Gasteiger partial charge is 0.399 e. The van der Waals surface area contributed by atoms with E-state index in [-0.39, 0.29) is 0 Å². The monoisotopic (exact) mass is 253 g/mol. The molecule has 2 rings (SSSR count). The molecule has 3 nitrogen and oxygen atoms in total. The molecule has 0 atom stereocenters. The minimum absolute atomic E-state index is 0.519. The van der Waals surface area contributed by atoms with Gasteiger partial charge in [-0.05, 0) is 44.5 Å². The maximum atomic E-state index is 5.84. The molecule has 0 amide bonds. The number of aromatic nitrogens is 1. The summed E-state index contributed by atoms with van der Waals surface area (Å²) in [4.78, 5) is 4.56. The summed E-state index contributed by atoms with van der Waals surface area (Å²) in [5.74, 6) is 0.749. The normalized spacial score (nSPS) is 10.3.